The molecule has 0 atom stereocenters. The molecule has 162 valence electrons. The molecule has 0 unspecified atom stereocenters. The maximum absolute atomic E-state index is 10.8. The highest BCUT2D eigenvalue weighted by Crippen LogP contribution is 2.58. The molecular weight excluding hydrogens is 392 g/mol. The van der Waals surface area contributed by atoms with Gasteiger partial charge >= 0.3 is 0 Å². The number of hydrogen-bond donors (Lipinski definition) is 0. The quantitative estimate of drug-likeness (QED) is 0.465. The Bertz CT molecular complexity index is 1010. The van der Waals surface area contributed by atoms with E-state index in [1.54, 1.807) is 0 Å². The van der Waals surface area contributed by atoms with Gasteiger partial charge < -0.3 is 9.22 Å². The molecule has 3 heterocycles. The molecule has 0 aromatic heterocycles. The zero-order valence-corrected chi connectivity index (χ0v) is 18.6. The number of benzene rings is 3. The molecule has 3 fully saturated rings. The van der Waals surface area contributed by atoms with Crippen LogP contribution in [0.1, 0.15) is 30.4 Å². The summed E-state index contributed by atoms with van der Waals surface area (Å²) in [6, 6.07) is 34.0. The SMILES string of the molecule is N#CC(c1ccccc1)(c1ccccc1)C12CC[N+](CCOc3ccccc3)(CC1)CC2. The Morgan fingerprint density at radius 3 is 1.69 bits per heavy atom. The predicted octanol–water partition coefficient (Wildman–Crippen LogP) is 5.58. The van der Waals surface area contributed by atoms with Gasteiger partial charge in [0, 0.05) is 24.7 Å². The van der Waals surface area contributed by atoms with Crippen LogP contribution in [0, 0.1) is 16.7 Å². The van der Waals surface area contributed by atoms with E-state index in [-0.39, 0.29) is 5.41 Å². The number of nitriles is 1. The van der Waals surface area contributed by atoms with E-state index in [4.69, 9.17) is 4.74 Å². The fourth-order valence-electron chi connectivity index (χ4n) is 6.24. The number of rotatable bonds is 7. The first kappa shape index (κ1) is 20.8. The summed E-state index contributed by atoms with van der Waals surface area (Å²) in [5.41, 5.74) is 1.66. The van der Waals surface area contributed by atoms with Gasteiger partial charge in [0.05, 0.1) is 25.7 Å². The van der Waals surface area contributed by atoms with E-state index >= 15 is 0 Å². The van der Waals surface area contributed by atoms with E-state index in [1.807, 2.05) is 42.5 Å². The number of hydrogen-bond acceptors (Lipinski definition) is 2. The number of fused-ring (bicyclic) bond motifs is 3. The minimum Gasteiger partial charge on any atom is -0.488 e. The van der Waals surface area contributed by atoms with Crippen LogP contribution < -0.4 is 4.74 Å². The van der Waals surface area contributed by atoms with Crippen LogP contribution >= 0.6 is 0 Å². The molecule has 32 heavy (non-hydrogen) atoms. The molecule has 3 aliphatic rings. The second-order valence-electron chi connectivity index (χ2n) is 9.52. The summed E-state index contributed by atoms with van der Waals surface area (Å²) in [5.74, 6) is 0.950. The van der Waals surface area contributed by atoms with Crippen molar-refractivity contribution < 1.29 is 9.22 Å². The van der Waals surface area contributed by atoms with Crippen molar-refractivity contribution in [2.24, 2.45) is 5.41 Å². The number of para-hydroxylation sites is 1. The molecule has 3 saturated heterocycles. The zero-order valence-electron chi connectivity index (χ0n) is 18.6. The molecule has 0 radical (unpaired) electrons. The van der Waals surface area contributed by atoms with E-state index in [2.05, 4.69) is 54.6 Å². The van der Waals surface area contributed by atoms with Gasteiger partial charge in [-0.25, -0.2) is 0 Å². The maximum Gasteiger partial charge on any atom is 0.137 e. The van der Waals surface area contributed by atoms with Crippen LogP contribution in [-0.2, 0) is 5.41 Å². The first-order valence-electron chi connectivity index (χ1n) is 11.8. The molecule has 0 amide bonds. The van der Waals surface area contributed by atoms with Gasteiger partial charge in [0.25, 0.3) is 0 Å². The topological polar surface area (TPSA) is 33.0 Å². The van der Waals surface area contributed by atoms with Crippen molar-refractivity contribution in [1.82, 2.24) is 0 Å². The van der Waals surface area contributed by atoms with Crippen LogP contribution in [0.2, 0.25) is 0 Å². The van der Waals surface area contributed by atoms with Crippen molar-refractivity contribution in [3.8, 4) is 11.8 Å². The Hall–Kier alpha value is -3.09. The lowest BCUT2D eigenvalue weighted by Crippen LogP contribution is -2.67. The van der Waals surface area contributed by atoms with E-state index in [0.717, 1.165) is 73.4 Å². The molecule has 3 nitrogen and oxygen atoms in total. The van der Waals surface area contributed by atoms with E-state index in [9.17, 15) is 5.26 Å². The molecule has 0 saturated carbocycles. The fraction of sp³-hybridized carbons (Fsp3) is 0.345. The lowest BCUT2D eigenvalue weighted by atomic mass is 9.50. The summed E-state index contributed by atoms with van der Waals surface area (Å²) in [6.45, 7) is 5.17. The van der Waals surface area contributed by atoms with Gasteiger partial charge in [0.2, 0.25) is 0 Å². The lowest BCUT2D eigenvalue weighted by molar-refractivity contribution is -0.945. The van der Waals surface area contributed by atoms with E-state index < -0.39 is 5.41 Å². The second kappa shape index (κ2) is 8.45. The number of ether oxygens (including phenoxy) is 1. The highest BCUT2D eigenvalue weighted by Gasteiger charge is 2.61. The summed E-state index contributed by atoms with van der Waals surface area (Å²) in [4.78, 5) is 0. The molecule has 3 heteroatoms. The third-order valence-electron chi connectivity index (χ3n) is 8.15. The van der Waals surface area contributed by atoms with E-state index in [0.29, 0.717) is 0 Å². The van der Waals surface area contributed by atoms with Gasteiger partial charge in [0.1, 0.15) is 24.3 Å². The number of nitrogens with zero attached hydrogens (tertiary/aromatic N) is 2. The molecule has 0 aliphatic carbocycles. The Balaban J connectivity index is 1.40. The van der Waals surface area contributed by atoms with Crippen molar-refractivity contribution in [2.75, 3.05) is 32.8 Å². The van der Waals surface area contributed by atoms with E-state index in [1.165, 1.54) is 0 Å². The minimum atomic E-state index is -0.605. The lowest BCUT2D eigenvalue weighted by Gasteiger charge is -2.59. The molecule has 0 N–H and O–H groups in total. The molecule has 3 aromatic rings. The van der Waals surface area contributed by atoms with Gasteiger partial charge in [-0.1, -0.05) is 78.9 Å². The van der Waals surface area contributed by atoms with Crippen molar-refractivity contribution in [3.63, 3.8) is 0 Å². The van der Waals surface area contributed by atoms with Crippen LogP contribution in [0.5, 0.6) is 5.75 Å². The first-order valence-corrected chi connectivity index (χ1v) is 11.8. The van der Waals surface area contributed by atoms with Crippen molar-refractivity contribution in [2.45, 2.75) is 24.7 Å². The third-order valence-corrected chi connectivity index (χ3v) is 8.15. The van der Waals surface area contributed by atoms with Gasteiger partial charge in [0.15, 0.2) is 0 Å². The smallest absolute Gasteiger partial charge is 0.137 e. The molecule has 3 aliphatic heterocycles. The van der Waals surface area contributed by atoms with Gasteiger partial charge in [-0.3, -0.25) is 0 Å². The number of piperidine rings is 3. The van der Waals surface area contributed by atoms with Crippen LogP contribution in [0.25, 0.3) is 0 Å². The Morgan fingerprint density at radius 2 is 1.22 bits per heavy atom. The highest BCUT2D eigenvalue weighted by atomic mass is 16.5. The Labute approximate surface area is 191 Å². The Kier molecular flexibility index (Phi) is 5.49. The average Bonchev–Trinajstić information content (AvgIpc) is 2.88. The highest BCUT2D eigenvalue weighted by molar-refractivity contribution is 5.49. The number of quaternary nitrogens is 1. The average molecular weight is 424 g/mol. The standard InChI is InChI=1S/C29H31N2O/c30-24-29(25-10-4-1-5-11-25,26-12-6-2-7-13-26)28-16-19-31(20-17-28,21-18-28)22-23-32-27-14-8-3-9-15-27/h1-15H,16-23H2/q+1. The summed E-state index contributed by atoms with van der Waals surface area (Å²) >= 11 is 0. The summed E-state index contributed by atoms with van der Waals surface area (Å²) in [7, 11) is 0. The molecular formula is C29H31N2O+. The molecule has 6 rings (SSSR count). The van der Waals surface area contributed by atoms with Crippen LogP contribution in [-0.4, -0.2) is 37.3 Å². The molecule has 0 spiro atoms. The van der Waals surface area contributed by atoms with Crippen molar-refractivity contribution >= 4 is 0 Å². The third kappa shape index (κ3) is 3.40. The maximum atomic E-state index is 10.8. The van der Waals surface area contributed by atoms with Gasteiger partial charge in [-0.15, -0.1) is 0 Å². The fourth-order valence-corrected chi connectivity index (χ4v) is 6.24. The summed E-state index contributed by atoms with van der Waals surface area (Å²) in [5, 5.41) is 10.8. The normalized spacial score (nSPS) is 24.6. The van der Waals surface area contributed by atoms with Crippen LogP contribution in [0.15, 0.2) is 91.0 Å². The summed E-state index contributed by atoms with van der Waals surface area (Å²) < 4.78 is 7.16. The Morgan fingerprint density at radius 1 is 0.750 bits per heavy atom. The van der Waals surface area contributed by atoms with Crippen molar-refractivity contribution in [3.05, 3.63) is 102 Å². The largest absolute Gasteiger partial charge is 0.488 e. The van der Waals surface area contributed by atoms with Gasteiger partial charge in [-0.2, -0.15) is 5.26 Å². The second-order valence-corrected chi connectivity index (χ2v) is 9.52. The van der Waals surface area contributed by atoms with Gasteiger partial charge in [-0.05, 0) is 23.3 Å². The monoisotopic (exact) mass is 423 g/mol. The molecule has 2 bridgehead atoms. The molecule has 3 aromatic carbocycles. The predicted molar refractivity (Wildman–Crippen MR) is 127 cm³/mol. The summed E-state index contributed by atoms with van der Waals surface area (Å²) in [6.07, 6.45) is 3.24. The van der Waals surface area contributed by atoms with Crippen LogP contribution in [0.3, 0.4) is 0 Å². The van der Waals surface area contributed by atoms with Crippen molar-refractivity contribution in [1.29, 1.82) is 5.26 Å². The minimum absolute atomic E-state index is 0.0231. The zero-order chi connectivity index (χ0) is 21.9. The first-order chi connectivity index (χ1) is 15.7. The van der Waals surface area contributed by atoms with Crippen LogP contribution in [0.4, 0.5) is 0 Å².